The van der Waals surface area contributed by atoms with Crippen LogP contribution in [-0.2, 0) is 6.54 Å². The Bertz CT molecular complexity index is 567. The second-order valence-corrected chi connectivity index (χ2v) is 6.24. The summed E-state index contributed by atoms with van der Waals surface area (Å²) >= 11 is 5.12. The Kier molecular flexibility index (Phi) is 4.96. The summed E-state index contributed by atoms with van der Waals surface area (Å²) in [6.07, 6.45) is 0. The zero-order chi connectivity index (χ0) is 13.8. The van der Waals surface area contributed by atoms with Crippen molar-refractivity contribution in [3.8, 4) is 0 Å². The molecule has 0 saturated carbocycles. The molecular weight excluding hydrogens is 322 g/mol. The number of aromatic nitrogens is 2. The third kappa shape index (κ3) is 4.03. The van der Waals surface area contributed by atoms with E-state index in [0.717, 1.165) is 27.6 Å². The Labute approximate surface area is 126 Å². The molecular formula is C14H16BrN3S. The van der Waals surface area contributed by atoms with Gasteiger partial charge in [-0.2, -0.15) is 0 Å². The fourth-order valence-electron chi connectivity index (χ4n) is 1.80. The summed E-state index contributed by atoms with van der Waals surface area (Å²) in [4.78, 5) is 10.1. The van der Waals surface area contributed by atoms with E-state index in [-0.39, 0.29) is 0 Å². The van der Waals surface area contributed by atoms with Crippen molar-refractivity contribution >= 4 is 27.7 Å². The number of halogens is 1. The van der Waals surface area contributed by atoms with Gasteiger partial charge in [-0.05, 0) is 56.4 Å². The summed E-state index contributed by atoms with van der Waals surface area (Å²) in [6, 6.07) is 8.27. The molecule has 0 unspecified atom stereocenters. The fraction of sp³-hybridized carbons (Fsp3) is 0.286. The molecule has 0 aliphatic rings. The Balaban J connectivity index is 2.33. The lowest BCUT2D eigenvalue weighted by molar-refractivity contribution is 0.801. The standard InChI is InChI=1S/C14H16BrN3S/c1-9-6-10(2)18-14(17-9)19-13-7-12(15)5-4-11(13)8-16-3/h4-7,16H,8H2,1-3H3. The van der Waals surface area contributed by atoms with E-state index in [0.29, 0.717) is 0 Å². The van der Waals surface area contributed by atoms with Crippen molar-refractivity contribution in [3.63, 3.8) is 0 Å². The van der Waals surface area contributed by atoms with Crippen molar-refractivity contribution in [1.82, 2.24) is 15.3 Å². The molecule has 0 spiro atoms. The molecule has 0 saturated heterocycles. The molecule has 0 bridgehead atoms. The minimum Gasteiger partial charge on any atom is -0.316 e. The molecule has 2 rings (SSSR count). The molecule has 2 aromatic rings. The van der Waals surface area contributed by atoms with Gasteiger partial charge in [-0.25, -0.2) is 9.97 Å². The van der Waals surface area contributed by atoms with E-state index in [2.05, 4.69) is 49.4 Å². The van der Waals surface area contributed by atoms with Gasteiger partial charge in [-0.3, -0.25) is 0 Å². The van der Waals surface area contributed by atoms with E-state index >= 15 is 0 Å². The number of aryl methyl sites for hydroxylation is 2. The van der Waals surface area contributed by atoms with Crippen LogP contribution >= 0.6 is 27.7 Å². The number of benzene rings is 1. The van der Waals surface area contributed by atoms with Crippen LogP contribution in [0.5, 0.6) is 0 Å². The predicted octanol–water partition coefficient (Wildman–Crippen LogP) is 3.73. The number of hydrogen-bond donors (Lipinski definition) is 1. The maximum atomic E-state index is 4.48. The van der Waals surface area contributed by atoms with Crippen molar-refractivity contribution in [3.05, 3.63) is 45.7 Å². The minimum atomic E-state index is 0.799. The average Bonchev–Trinajstić information content (AvgIpc) is 2.31. The first kappa shape index (κ1) is 14.5. The van der Waals surface area contributed by atoms with Gasteiger partial charge < -0.3 is 5.32 Å². The Morgan fingerprint density at radius 1 is 1.16 bits per heavy atom. The molecule has 5 heteroatoms. The van der Waals surface area contributed by atoms with Crippen LogP contribution in [0.25, 0.3) is 0 Å². The van der Waals surface area contributed by atoms with E-state index < -0.39 is 0 Å². The molecule has 3 nitrogen and oxygen atoms in total. The lowest BCUT2D eigenvalue weighted by atomic mass is 10.2. The zero-order valence-corrected chi connectivity index (χ0v) is 13.6. The summed E-state index contributed by atoms with van der Waals surface area (Å²) in [7, 11) is 1.95. The maximum absolute atomic E-state index is 4.48. The minimum absolute atomic E-state index is 0.799. The number of rotatable bonds is 4. The molecule has 0 radical (unpaired) electrons. The Morgan fingerprint density at radius 2 is 1.84 bits per heavy atom. The Morgan fingerprint density at radius 3 is 2.47 bits per heavy atom. The molecule has 1 N–H and O–H groups in total. The Hall–Kier alpha value is -0.910. The smallest absolute Gasteiger partial charge is 0.192 e. The van der Waals surface area contributed by atoms with Crippen LogP contribution < -0.4 is 5.32 Å². The highest BCUT2D eigenvalue weighted by Crippen LogP contribution is 2.30. The van der Waals surface area contributed by atoms with Gasteiger partial charge in [-0.15, -0.1) is 0 Å². The molecule has 0 amide bonds. The summed E-state index contributed by atoms with van der Waals surface area (Å²) in [5.41, 5.74) is 3.25. The van der Waals surface area contributed by atoms with Crippen LogP contribution in [0.4, 0.5) is 0 Å². The van der Waals surface area contributed by atoms with Gasteiger partial charge >= 0.3 is 0 Å². The van der Waals surface area contributed by atoms with E-state index in [1.807, 2.05) is 27.0 Å². The van der Waals surface area contributed by atoms with Crippen molar-refractivity contribution in [2.75, 3.05) is 7.05 Å². The van der Waals surface area contributed by atoms with Gasteiger partial charge in [0.25, 0.3) is 0 Å². The van der Waals surface area contributed by atoms with Crippen LogP contribution in [0.2, 0.25) is 0 Å². The molecule has 1 aromatic carbocycles. The molecule has 1 aromatic heterocycles. The normalized spacial score (nSPS) is 10.7. The topological polar surface area (TPSA) is 37.8 Å². The van der Waals surface area contributed by atoms with Gasteiger partial charge in [-0.1, -0.05) is 22.0 Å². The van der Waals surface area contributed by atoms with E-state index in [9.17, 15) is 0 Å². The van der Waals surface area contributed by atoms with Crippen LogP contribution in [0.15, 0.2) is 38.8 Å². The lowest BCUT2D eigenvalue weighted by Crippen LogP contribution is -2.06. The van der Waals surface area contributed by atoms with E-state index in [1.165, 1.54) is 10.5 Å². The first-order valence-corrected chi connectivity index (χ1v) is 7.62. The fourth-order valence-corrected chi connectivity index (χ4v) is 3.34. The van der Waals surface area contributed by atoms with Crippen molar-refractivity contribution in [1.29, 1.82) is 0 Å². The summed E-state index contributed by atoms with van der Waals surface area (Å²) in [5, 5.41) is 3.98. The maximum Gasteiger partial charge on any atom is 0.192 e. The second kappa shape index (κ2) is 6.50. The van der Waals surface area contributed by atoms with Crippen LogP contribution in [0.3, 0.4) is 0 Å². The van der Waals surface area contributed by atoms with Gasteiger partial charge in [0, 0.05) is 27.3 Å². The summed E-state index contributed by atoms with van der Waals surface area (Å²) < 4.78 is 1.07. The first-order valence-electron chi connectivity index (χ1n) is 6.01. The van der Waals surface area contributed by atoms with Gasteiger partial charge in [0.15, 0.2) is 5.16 Å². The van der Waals surface area contributed by atoms with Gasteiger partial charge in [0.2, 0.25) is 0 Å². The predicted molar refractivity (Wildman–Crippen MR) is 82.5 cm³/mol. The van der Waals surface area contributed by atoms with Gasteiger partial charge in [0.1, 0.15) is 0 Å². The monoisotopic (exact) mass is 337 g/mol. The second-order valence-electron chi connectivity index (χ2n) is 4.32. The quantitative estimate of drug-likeness (QED) is 0.862. The largest absolute Gasteiger partial charge is 0.316 e. The average molecular weight is 338 g/mol. The third-order valence-corrected chi connectivity index (χ3v) is 4.02. The zero-order valence-electron chi connectivity index (χ0n) is 11.2. The van der Waals surface area contributed by atoms with Crippen molar-refractivity contribution in [2.45, 2.75) is 30.4 Å². The van der Waals surface area contributed by atoms with E-state index in [4.69, 9.17) is 0 Å². The molecule has 19 heavy (non-hydrogen) atoms. The summed E-state index contributed by atoms with van der Waals surface area (Å²) in [5.74, 6) is 0. The molecule has 0 aliphatic heterocycles. The van der Waals surface area contributed by atoms with E-state index in [1.54, 1.807) is 11.8 Å². The first-order chi connectivity index (χ1) is 9.08. The highest BCUT2D eigenvalue weighted by atomic mass is 79.9. The number of nitrogens with zero attached hydrogens (tertiary/aromatic N) is 2. The molecule has 100 valence electrons. The van der Waals surface area contributed by atoms with Crippen molar-refractivity contribution < 1.29 is 0 Å². The number of nitrogens with one attached hydrogen (secondary N) is 1. The molecule has 0 atom stereocenters. The van der Waals surface area contributed by atoms with Gasteiger partial charge in [0.05, 0.1) is 0 Å². The third-order valence-electron chi connectivity index (χ3n) is 2.56. The highest BCUT2D eigenvalue weighted by molar-refractivity contribution is 9.10. The highest BCUT2D eigenvalue weighted by Gasteiger charge is 2.08. The lowest BCUT2D eigenvalue weighted by Gasteiger charge is -2.09. The van der Waals surface area contributed by atoms with Crippen LogP contribution in [-0.4, -0.2) is 17.0 Å². The molecule has 0 fully saturated rings. The molecule has 0 aliphatic carbocycles. The summed E-state index contributed by atoms with van der Waals surface area (Å²) in [6.45, 7) is 4.82. The number of hydrogen-bond acceptors (Lipinski definition) is 4. The van der Waals surface area contributed by atoms with Crippen LogP contribution in [0.1, 0.15) is 17.0 Å². The molecule has 1 heterocycles. The SMILES string of the molecule is CNCc1ccc(Br)cc1Sc1nc(C)cc(C)n1. The van der Waals surface area contributed by atoms with Crippen LogP contribution in [0, 0.1) is 13.8 Å². The van der Waals surface area contributed by atoms with Crippen molar-refractivity contribution in [2.24, 2.45) is 0 Å².